The van der Waals surface area contributed by atoms with Crippen molar-refractivity contribution in [3.05, 3.63) is 47.1 Å². The molecular formula is C29H35ClN6O5. The lowest BCUT2D eigenvalue weighted by atomic mass is 9.88. The molecule has 0 unspecified atom stereocenters. The number of aliphatic hydroxyl groups excluding tert-OH is 2. The van der Waals surface area contributed by atoms with Gasteiger partial charge >= 0.3 is 6.09 Å². The van der Waals surface area contributed by atoms with Crippen LogP contribution in [-0.2, 0) is 4.74 Å². The summed E-state index contributed by atoms with van der Waals surface area (Å²) in [5, 5.41) is 22.8. The number of piperidine rings is 1. The molecule has 2 bridgehead atoms. The number of nitrogens with zero attached hydrogens (tertiary/aromatic N) is 3. The quantitative estimate of drug-likeness (QED) is 0.239. The van der Waals surface area contributed by atoms with Gasteiger partial charge in [-0.05, 0) is 56.0 Å². The number of hydrogen-bond acceptors (Lipinski definition) is 9. The van der Waals surface area contributed by atoms with Gasteiger partial charge < -0.3 is 40.6 Å². The van der Waals surface area contributed by atoms with Crippen molar-refractivity contribution in [3.63, 3.8) is 0 Å². The van der Waals surface area contributed by atoms with Crippen molar-refractivity contribution in [2.24, 2.45) is 17.6 Å². The maximum absolute atomic E-state index is 11.6. The molecule has 3 heterocycles. The Labute approximate surface area is 242 Å². The molecule has 2 aliphatic carbocycles. The van der Waals surface area contributed by atoms with Crippen LogP contribution in [0.4, 0.5) is 10.5 Å². The Hall–Kier alpha value is -3.38. The zero-order valence-corrected chi connectivity index (χ0v) is 23.6. The molecule has 0 spiro atoms. The summed E-state index contributed by atoms with van der Waals surface area (Å²) in [4.78, 5) is 26.4. The summed E-state index contributed by atoms with van der Waals surface area (Å²) < 4.78 is 11.3. The number of anilines is 1. The third-order valence-electron chi connectivity index (χ3n) is 8.64. The third kappa shape index (κ3) is 5.46. The van der Waals surface area contributed by atoms with Crippen molar-refractivity contribution in [1.82, 2.24) is 19.9 Å². The molecule has 1 aromatic carbocycles. The van der Waals surface area contributed by atoms with Gasteiger partial charge in [0.05, 0.1) is 48.3 Å². The van der Waals surface area contributed by atoms with Crippen LogP contribution >= 0.6 is 11.6 Å². The van der Waals surface area contributed by atoms with E-state index in [1.165, 1.54) is 5.56 Å². The Kier molecular flexibility index (Phi) is 7.78. The summed E-state index contributed by atoms with van der Waals surface area (Å²) in [5.74, 6) is 1.98. The van der Waals surface area contributed by atoms with Crippen LogP contribution < -0.4 is 15.8 Å². The SMILES string of the molecule is COc1cc(C2CCN(C[C@@H](O)CO)CC2)ccc1-c1nc2ncc(Cl)c(N[C@H]3[C@@H](OC(N)=O)[C@@H]4C=C[C@H]3C4)c2[nH]1. The number of likely N-dealkylation sites (tertiary alicyclic amines) is 1. The summed E-state index contributed by atoms with van der Waals surface area (Å²) in [7, 11) is 1.65. The lowest BCUT2D eigenvalue weighted by molar-refractivity contribution is 0.0513. The van der Waals surface area contributed by atoms with Gasteiger partial charge in [-0.15, -0.1) is 0 Å². The fourth-order valence-electron chi connectivity index (χ4n) is 6.59. The second-order valence-electron chi connectivity index (χ2n) is 11.2. The first-order valence-corrected chi connectivity index (χ1v) is 14.4. The first-order valence-electron chi connectivity index (χ1n) is 14.0. The topological polar surface area (TPSA) is 159 Å². The molecule has 218 valence electrons. The van der Waals surface area contributed by atoms with Gasteiger partial charge in [0.15, 0.2) is 5.65 Å². The number of pyridine rings is 1. The third-order valence-corrected chi connectivity index (χ3v) is 8.93. The van der Waals surface area contributed by atoms with Gasteiger partial charge in [-0.2, -0.15) is 0 Å². The summed E-state index contributed by atoms with van der Waals surface area (Å²) in [6, 6.07) is 6.01. The number of nitrogens with two attached hydrogens (primary N) is 1. The van der Waals surface area contributed by atoms with E-state index in [0.29, 0.717) is 45.9 Å². The molecule has 12 heteroatoms. The molecule has 1 saturated carbocycles. The normalized spacial score (nSPS) is 25.1. The van der Waals surface area contributed by atoms with E-state index in [0.717, 1.165) is 37.9 Å². The fraction of sp³-hybridized carbons (Fsp3) is 0.483. The lowest BCUT2D eigenvalue weighted by Crippen LogP contribution is -2.41. The number of rotatable bonds is 9. The summed E-state index contributed by atoms with van der Waals surface area (Å²) in [6.45, 7) is 2.00. The number of carbonyl (C=O) groups excluding carboxylic acids is 1. The highest BCUT2D eigenvalue weighted by Crippen LogP contribution is 2.44. The minimum Gasteiger partial charge on any atom is -0.496 e. The van der Waals surface area contributed by atoms with Gasteiger partial charge in [-0.25, -0.2) is 14.8 Å². The van der Waals surface area contributed by atoms with Crippen LogP contribution in [0.15, 0.2) is 36.5 Å². The summed E-state index contributed by atoms with van der Waals surface area (Å²) >= 11 is 6.63. The first-order chi connectivity index (χ1) is 19.8. The van der Waals surface area contributed by atoms with Crippen LogP contribution in [0.1, 0.15) is 30.7 Å². The smallest absolute Gasteiger partial charge is 0.404 e. The molecule has 3 aliphatic rings. The predicted octanol–water partition coefficient (Wildman–Crippen LogP) is 3.27. The number of H-pyrrole nitrogens is 1. The van der Waals surface area contributed by atoms with Crippen molar-refractivity contribution in [2.45, 2.75) is 43.4 Å². The number of fused-ring (bicyclic) bond motifs is 3. The molecule has 6 N–H and O–H groups in total. The second-order valence-corrected chi connectivity index (χ2v) is 11.6. The number of primary amides is 1. The number of methoxy groups -OCH3 is 1. The molecular weight excluding hydrogens is 548 g/mol. The molecule has 2 aromatic heterocycles. The zero-order chi connectivity index (χ0) is 28.7. The molecule has 1 amide bonds. The van der Waals surface area contributed by atoms with Crippen LogP contribution in [0.2, 0.25) is 5.02 Å². The standard InChI is InChI=1S/C29H35ClN6O5/c1-40-22-11-16(15-6-8-36(9-7-15)13-19(38)14-37)4-5-20(22)27-34-25-24(21(30)12-32-28(25)35-27)33-23-17-2-3-18(10-17)26(23)41-29(31)39/h2-5,11-12,15,17-19,23,26,37-38H,6-10,13-14H2,1H3,(H2,31,39)(H2,32,33,34,35)/t17-,18+,19+,23+,26-/m0/s1. The molecule has 1 aliphatic heterocycles. The fourth-order valence-corrected chi connectivity index (χ4v) is 6.79. The van der Waals surface area contributed by atoms with Crippen LogP contribution in [-0.4, -0.2) is 87.8 Å². The number of ether oxygens (including phenoxy) is 2. The maximum Gasteiger partial charge on any atom is 0.404 e. The number of aromatic amines is 1. The van der Waals surface area contributed by atoms with Gasteiger partial charge in [-0.3, -0.25) is 0 Å². The number of benzene rings is 1. The van der Waals surface area contributed by atoms with Crippen molar-refractivity contribution >= 4 is 34.5 Å². The van der Waals surface area contributed by atoms with E-state index in [-0.39, 0.29) is 30.6 Å². The number of hydrogen-bond donors (Lipinski definition) is 5. The molecule has 3 aromatic rings. The first kappa shape index (κ1) is 27.8. The number of nitrogens with one attached hydrogen (secondary N) is 2. The van der Waals surface area contributed by atoms with Gasteiger partial charge in [0.1, 0.15) is 23.2 Å². The Bertz CT molecular complexity index is 1450. The van der Waals surface area contributed by atoms with E-state index in [1.54, 1.807) is 13.3 Å². The van der Waals surface area contributed by atoms with E-state index in [4.69, 9.17) is 36.9 Å². The van der Waals surface area contributed by atoms with Crippen molar-refractivity contribution in [2.75, 3.05) is 38.7 Å². The highest BCUT2D eigenvalue weighted by Gasteiger charge is 2.47. The van der Waals surface area contributed by atoms with Crippen LogP contribution in [0, 0.1) is 11.8 Å². The molecule has 11 nitrogen and oxygen atoms in total. The maximum atomic E-state index is 11.6. The van der Waals surface area contributed by atoms with E-state index >= 15 is 0 Å². The molecule has 2 fully saturated rings. The van der Waals surface area contributed by atoms with Crippen LogP contribution in [0.5, 0.6) is 5.75 Å². The Morgan fingerprint density at radius 2 is 2.07 bits per heavy atom. The largest absolute Gasteiger partial charge is 0.496 e. The van der Waals surface area contributed by atoms with Gasteiger partial charge in [-0.1, -0.05) is 29.8 Å². The van der Waals surface area contributed by atoms with E-state index in [2.05, 4.69) is 44.5 Å². The minimum atomic E-state index is -0.792. The molecule has 5 atom stereocenters. The average Bonchev–Trinajstić information content (AvgIpc) is 3.70. The molecule has 0 radical (unpaired) electrons. The van der Waals surface area contributed by atoms with E-state index in [9.17, 15) is 9.90 Å². The number of aromatic nitrogens is 3. The van der Waals surface area contributed by atoms with Crippen molar-refractivity contribution in [1.29, 1.82) is 0 Å². The van der Waals surface area contributed by atoms with Crippen molar-refractivity contribution in [3.8, 4) is 17.1 Å². The highest BCUT2D eigenvalue weighted by molar-refractivity contribution is 6.34. The average molecular weight is 583 g/mol. The van der Waals surface area contributed by atoms with E-state index in [1.807, 2.05) is 6.07 Å². The van der Waals surface area contributed by atoms with Gasteiger partial charge in [0, 0.05) is 18.4 Å². The van der Waals surface area contributed by atoms with Gasteiger partial charge in [0.25, 0.3) is 0 Å². The van der Waals surface area contributed by atoms with Crippen LogP contribution in [0.3, 0.4) is 0 Å². The number of imidazole rings is 1. The number of β-amino-alcohol motifs (C(OH)–C–C–N with tert-alkyl or cyclic N) is 1. The van der Waals surface area contributed by atoms with E-state index < -0.39 is 12.2 Å². The number of amides is 1. The minimum absolute atomic E-state index is 0.112. The Balaban J connectivity index is 1.24. The Morgan fingerprint density at radius 3 is 2.80 bits per heavy atom. The highest BCUT2D eigenvalue weighted by atomic mass is 35.5. The number of aliphatic hydroxyl groups is 2. The Morgan fingerprint density at radius 1 is 1.29 bits per heavy atom. The lowest BCUT2D eigenvalue weighted by Gasteiger charge is -2.33. The van der Waals surface area contributed by atoms with Crippen molar-refractivity contribution < 1.29 is 24.5 Å². The molecule has 1 saturated heterocycles. The predicted molar refractivity (Wildman–Crippen MR) is 155 cm³/mol. The molecule has 41 heavy (non-hydrogen) atoms. The van der Waals surface area contributed by atoms with Gasteiger partial charge in [0.2, 0.25) is 0 Å². The summed E-state index contributed by atoms with van der Waals surface area (Å²) in [6.07, 6.45) is 6.70. The van der Waals surface area contributed by atoms with Crippen LogP contribution in [0.25, 0.3) is 22.6 Å². The number of halogens is 1. The molecule has 6 rings (SSSR count). The monoisotopic (exact) mass is 582 g/mol. The summed E-state index contributed by atoms with van der Waals surface area (Å²) in [5.41, 5.74) is 9.16. The number of carbonyl (C=O) groups is 1. The zero-order valence-electron chi connectivity index (χ0n) is 22.8. The second kappa shape index (κ2) is 11.5.